The van der Waals surface area contributed by atoms with Crippen molar-refractivity contribution in [1.29, 1.82) is 0 Å². The number of ether oxygens (including phenoxy) is 2. The van der Waals surface area contributed by atoms with E-state index in [9.17, 15) is 4.39 Å². The van der Waals surface area contributed by atoms with Crippen LogP contribution in [-0.4, -0.2) is 32.0 Å². The van der Waals surface area contributed by atoms with E-state index in [2.05, 4.69) is 48.7 Å². The third-order valence-electron chi connectivity index (χ3n) is 7.35. The molecule has 0 spiro atoms. The lowest BCUT2D eigenvalue weighted by molar-refractivity contribution is -0.107. The lowest BCUT2D eigenvalue weighted by Gasteiger charge is -2.49. The number of para-hydroxylation sites is 1. The summed E-state index contributed by atoms with van der Waals surface area (Å²) in [6, 6.07) is 16.0. The number of rotatable bonds is 7. The van der Waals surface area contributed by atoms with E-state index in [0.717, 1.165) is 19.4 Å². The summed E-state index contributed by atoms with van der Waals surface area (Å²) in [6.45, 7) is 3.11. The number of anilines is 1. The SMILES string of the molecule is COCCC1CC(/C=C/[C@@]2(C)C(c3ccc(F)cc3)c3ccccc3NC2C2CC2)O1. The van der Waals surface area contributed by atoms with Crippen molar-refractivity contribution < 1.29 is 13.9 Å². The maximum absolute atomic E-state index is 13.7. The van der Waals surface area contributed by atoms with Gasteiger partial charge in [-0.15, -0.1) is 0 Å². The monoisotopic (exact) mass is 421 g/mol. The van der Waals surface area contributed by atoms with Crippen LogP contribution in [0.25, 0.3) is 0 Å². The highest BCUT2D eigenvalue weighted by Gasteiger charge is 2.51. The first-order valence-corrected chi connectivity index (χ1v) is 11.5. The van der Waals surface area contributed by atoms with Crippen LogP contribution in [0.1, 0.15) is 49.7 Å². The molecule has 0 amide bonds. The summed E-state index contributed by atoms with van der Waals surface area (Å²) in [5.74, 6) is 0.645. The fraction of sp³-hybridized carbons (Fsp3) is 0.481. The first-order valence-electron chi connectivity index (χ1n) is 11.5. The van der Waals surface area contributed by atoms with Crippen LogP contribution in [0.2, 0.25) is 0 Å². The number of benzene rings is 2. The van der Waals surface area contributed by atoms with Gasteiger partial charge in [0.2, 0.25) is 0 Å². The highest BCUT2D eigenvalue weighted by Crippen LogP contribution is 2.56. The summed E-state index contributed by atoms with van der Waals surface area (Å²) in [5, 5.41) is 3.87. The molecule has 4 unspecified atom stereocenters. The second-order valence-corrected chi connectivity index (χ2v) is 9.57. The Hall–Kier alpha value is -2.17. The molecule has 2 aromatic rings. The predicted molar refractivity (Wildman–Crippen MR) is 122 cm³/mol. The van der Waals surface area contributed by atoms with Crippen LogP contribution in [-0.2, 0) is 9.47 Å². The van der Waals surface area contributed by atoms with Crippen LogP contribution >= 0.6 is 0 Å². The Morgan fingerprint density at radius 2 is 1.90 bits per heavy atom. The van der Waals surface area contributed by atoms with Gasteiger partial charge in [0.05, 0.1) is 12.2 Å². The Kier molecular flexibility index (Phi) is 5.61. The maximum Gasteiger partial charge on any atom is 0.123 e. The Balaban J connectivity index is 1.48. The van der Waals surface area contributed by atoms with Gasteiger partial charge in [-0.3, -0.25) is 0 Å². The van der Waals surface area contributed by atoms with Crippen LogP contribution < -0.4 is 5.32 Å². The molecule has 2 fully saturated rings. The molecule has 1 aliphatic carbocycles. The van der Waals surface area contributed by atoms with E-state index in [4.69, 9.17) is 9.47 Å². The molecule has 3 aliphatic rings. The van der Waals surface area contributed by atoms with Crippen LogP contribution in [0, 0.1) is 17.2 Å². The molecule has 0 bridgehead atoms. The van der Waals surface area contributed by atoms with Crippen LogP contribution in [0.5, 0.6) is 0 Å². The summed E-state index contributed by atoms with van der Waals surface area (Å²) in [5.41, 5.74) is 3.53. The second-order valence-electron chi connectivity index (χ2n) is 9.57. The molecule has 0 aromatic heterocycles. The molecule has 1 saturated heterocycles. The van der Waals surface area contributed by atoms with Gasteiger partial charge in [-0.1, -0.05) is 49.4 Å². The van der Waals surface area contributed by atoms with Crippen molar-refractivity contribution >= 4 is 5.69 Å². The van der Waals surface area contributed by atoms with E-state index in [0.29, 0.717) is 18.1 Å². The summed E-state index contributed by atoms with van der Waals surface area (Å²) in [6.07, 6.45) is 9.67. The van der Waals surface area contributed by atoms with Gasteiger partial charge in [-0.2, -0.15) is 0 Å². The van der Waals surface area contributed by atoms with E-state index in [1.807, 2.05) is 12.1 Å². The van der Waals surface area contributed by atoms with Gasteiger partial charge in [0.15, 0.2) is 0 Å². The smallest absolute Gasteiger partial charge is 0.123 e. The molecule has 31 heavy (non-hydrogen) atoms. The number of fused-ring (bicyclic) bond motifs is 1. The minimum atomic E-state index is -0.188. The van der Waals surface area contributed by atoms with Crippen molar-refractivity contribution in [3.05, 3.63) is 77.6 Å². The molecule has 5 rings (SSSR count). The summed E-state index contributed by atoms with van der Waals surface area (Å²) in [4.78, 5) is 0. The minimum Gasteiger partial charge on any atom is -0.385 e. The fourth-order valence-corrected chi connectivity index (χ4v) is 5.54. The third kappa shape index (κ3) is 4.04. The molecule has 164 valence electrons. The third-order valence-corrected chi connectivity index (χ3v) is 7.35. The molecule has 5 atom stereocenters. The number of halogens is 1. The Bertz CT molecular complexity index is 933. The van der Waals surface area contributed by atoms with E-state index in [1.54, 1.807) is 19.2 Å². The van der Waals surface area contributed by atoms with E-state index in [1.165, 1.54) is 29.7 Å². The highest BCUT2D eigenvalue weighted by atomic mass is 19.1. The van der Waals surface area contributed by atoms with E-state index < -0.39 is 0 Å². The second kappa shape index (κ2) is 8.40. The highest BCUT2D eigenvalue weighted by molar-refractivity contribution is 5.61. The maximum atomic E-state index is 13.7. The molecule has 2 aliphatic heterocycles. The molecule has 2 heterocycles. The topological polar surface area (TPSA) is 30.5 Å². The van der Waals surface area contributed by atoms with Crippen LogP contribution in [0.3, 0.4) is 0 Å². The quantitative estimate of drug-likeness (QED) is 0.563. The first-order chi connectivity index (χ1) is 15.1. The molecule has 0 radical (unpaired) electrons. The minimum absolute atomic E-state index is 0.131. The summed E-state index contributed by atoms with van der Waals surface area (Å²) in [7, 11) is 1.73. The molecular formula is C27H32FNO2. The lowest BCUT2D eigenvalue weighted by Crippen LogP contribution is -2.47. The van der Waals surface area contributed by atoms with Crippen molar-refractivity contribution in [2.75, 3.05) is 19.0 Å². The van der Waals surface area contributed by atoms with E-state index in [-0.39, 0.29) is 23.3 Å². The molecular weight excluding hydrogens is 389 g/mol. The number of hydrogen-bond donors (Lipinski definition) is 1. The van der Waals surface area contributed by atoms with E-state index >= 15 is 0 Å². The molecule has 2 aromatic carbocycles. The standard InChI is InChI=1S/C27H32FNO2/c1-27(15-13-21-17-22(31-21)14-16-30-2)25(18-9-11-20(28)12-10-18)23-5-3-4-6-24(23)29-26(27)19-7-8-19/h3-6,9-13,15,19,21-22,25-26,29H,7-8,14,16-17H2,1-2H3/b15-13+/t21?,22?,25?,26?,27-/m0/s1. The van der Waals surface area contributed by atoms with Gasteiger partial charge in [0.25, 0.3) is 0 Å². The number of nitrogens with one attached hydrogen (secondary N) is 1. The van der Waals surface area contributed by atoms with Crippen molar-refractivity contribution in [3.8, 4) is 0 Å². The summed E-state index contributed by atoms with van der Waals surface area (Å²) >= 11 is 0. The average Bonchev–Trinajstić information content (AvgIpc) is 3.58. The zero-order valence-corrected chi connectivity index (χ0v) is 18.4. The normalized spacial score (nSPS) is 32.4. The average molecular weight is 422 g/mol. The van der Waals surface area contributed by atoms with Gasteiger partial charge in [0, 0.05) is 43.2 Å². The molecule has 1 saturated carbocycles. The fourth-order valence-electron chi connectivity index (χ4n) is 5.54. The molecule has 3 nitrogen and oxygen atoms in total. The van der Waals surface area contributed by atoms with Gasteiger partial charge in [0.1, 0.15) is 5.82 Å². The molecule has 1 N–H and O–H groups in total. The Morgan fingerprint density at radius 1 is 1.16 bits per heavy atom. The number of methoxy groups -OCH3 is 1. The molecule has 4 heteroatoms. The van der Waals surface area contributed by atoms with Crippen molar-refractivity contribution in [3.63, 3.8) is 0 Å². The zero-order chi connectivity index (χ0) is 21.4. The predicted octanol–water partition coefficient (Wildman–Crippen LogP) is 5.92. The van der Waals surface area contributed by atoms with Crippen LogP contribution in [0.4, 0.5) is 10.1 Å². The first kappa shape index (κ1) is 20.7. The Morgan fingerprint density at radius 3 is 2.61 bits per heavy atom. The van der Waals surface area contributed by atoms with Gasteiger partial charge < -0.3 is 14.8 Å². The van der Waals surface area contributed by atoms with Gasteiger partial charge in [-0.05, 0) is 54.5 Å². The van der Waals surface area contributed by atoms with Crippen molar-refractivity contribution in [1.82, 2.24) is 0 Å². The summed E-state index contributed by atoms with van der Waals surface area (Å²) < 4.78 is 25.0. The Labute approximate surface area is 184 Å². The number of hydrogen-bond acceptors (Lipinski definition) is 3. The zero-order valence-electron chi connectivity index (χ0n) is 18.4. The van der Waals surface area contributed by atoms with Crippen LogP contribution in [0.15, 0.2) is 60.7 Å². The van der Waals surface area contributed by atoms with Gasteiger partial charge >= 0.3 is 0 Å². The largest absolute Gasteiger partial charge is 0.385 e. The van der Waals surface area contributed by atoms with Gasteiger partial charge in [-0.25, -0.2) is 4.39 Å². The van der Waals surface area contributed by atoms with Crippen molar-refractivity contribution in [2.45, 2.75) is 56.8 Å². The lowest BCUT2D eigenvalue weighted by atomic mass is 9.62. The van der Waals surface area contributed by atoms with Crippen molar-refractivity contribution in [2.24, 2.45) is 11.3 Å².